The summed E-state index contributed by atoms with van der Waals surface area (Å²) < 4.78 is 22.5. The molecular weight excluding hydrogens is 326 g/mol. The monoisotopic (exact) mass is 355 g/mol. The first-order valence-electron chi connectivity index (χ1n) is 8.18. The Kier molecular flexibility index (Phi) is 8.21. The number of aliphatic hydroxyl groups excluding tert-OH is 1. The van der Waals surface area contributed by atoms with Gasteiger partial charge in [0.1, 0.15) is 9.84 Å². The fourth-order valence-electron chi connectivity index (χ4n) is 2.18. The lowest BCUT2D eigenvalue weighted by Crippen LogP contribution is -2.43. The third-order valence-electron chi connectivity index (χ3n) is 3.50. The smallest absolute Gasteiger partial charge is 0.191 e. The second-order valence-corrected chi connectivity index (χ2v) is 8.37. The summed E-state index contributed by atoms with van der Waals surface area (Å²) in [6, 6.07) is 7.68. The molecule has 136 valence electrons. The van der Waals surface area contributed by atoms with Gasteiger partial charge < -0.3 is 15.7 Å². The molecule has 1 aromatic rings. The Bertz CT molecular complexity index is 644. The van der Waals surface area contributed by atoms with Gasteiger partial charge >= 0.3 is 0 Å². The van der Waals surface area contributed by atoms with Crippen LogP contribution in [0.3, 0.4) is 0 Å². The highest BCUT2D eigenvalue weighted by Crippen LogP contribution is 2.14. The summed E-state index contributed by atoms with van der Waals surface area (Å²) in [5, 5.41) is 16.5. The molecule has 0 bridgehead atoms. The average molecular weight is 356 g/mol. The van der Waals surface area contributed by atoms with E-state index in [-0.39, 0.29) is 18.3 Å². The number of hydrogen-bond acceptors (Lipinski definition) is 4. The molecule has 1 aromatic carbocycles. The van der Waals surface area contributed by atoms with Crippen LogP contribution in [0.15, 0.2) is 29.3 Å². The van der Waals surface area contributed by atoms with Crippen LogP contribution in [0.4, 0.5) is 0 Å². The molecule has 0 fully saturated rings. The first-order chi connectivity index (χ1) is 11.2. The van der Waals surface area contributed by atoms with Gasteiger partial charge in [0.2, 0.25) is 0 Å². The Labute approximate surface area is 145 Å². The second-order valence-electron chi connectivity index (χ2n) is 6.11. The standard InChI is InChI=1S/C17H29N3O3S/c1-5-18-17(20-14(3)9-10-24(4,22)23)19-12-16(21)15-8-6-7-13(2)11-15/h6-8,11,14,16,21H,5,9-10,12H2,1-4H3,(H2,18,19,20). The molecule has 0 amide bonds. The van der Waals surface area contributed by atoms with Crippen molar-refractivity contribution in [2.75, 3.05) is 25.1 Å². The highest BCUT2D eigenvalue weighted by molar-refractivity contribution is 7.90. The lowest BCUT2D eigenvalue weighted by Gasteiger charge is -2.18. The molecule has 0 aromatic heterocycles. The number of hydrogen-bond donors (Lipinski definition) is 3. The van der Waals surface area contributed by atoms with E-state index in [1.54, 1.807) is 0 Å². The van der Waals surface area contributed by atoms with Crippen LogP contribution in [-0.2, 0) is 9.84 Å². The van der Waals surface area contributed by atoms with Crippen molar-refractivity contribution in [1.82, 2.24) is 10.6 Å². The number of rotatable bonds is 8. The van der Waals surface area contributed by atoms with Gasteiger partial charge in [-0.2, -0.15) is 0 Å². The molecule has 0 radical (unpaired) electrons. The summed E-state index contributed by atoms with van der Waals surface area (Å²) in [5.41, 5.74) is 1.93. The van der Waals surface area contributed by atoms with Crippen molar-refractivity contribution in [3.63, 3.8) is 0 Å². The lowest BCUT2D eigenvalue weighted by atomic mass is 10.1. The maximum absolute atomic E-state index is 11.2. The molecular formula is C17H29N3O3S. The van der Waals surface area contributed by atoms with E-state index in [0.717, 1.165) is 11.1 Å². The molecule has 7 heteroatoms. The third kappa shape index (κ3) is 8.31. The minimum absolute atomic E-state index is 0.0337. The summed E-state index contributed by atoms with van der Waals surface area (Å²) in [6.07, 6.45) is 1.06. The number of aliphatic imine (C=N–C) groups is 1. The SMILES string of the molecule is CCNC(=NCC(O)c1cccc(C)c1)NC(C)CCS(C)(=O)=O. The first kappa shape index (κ1) is 20.4. The van der Waals surface area contributed by atoms with Crippen LogP contribution in [0.1, 0.15) is 37.5 Å². The van der Waals surface area contributed by atoms with E-state index >= 15 is 0 Å². The molecule has 0 heterocycles. The van der Waals surface area contributed by atoms with Crippen molar-refractivity contribution in [2.24, 2.45) is 4.99 Å². The normalized spacial score (nSPS) is 15.0. The number of sulfone groups is 1. The molecule has 3 N–H and O–H groups in total. The van der Waals surface area contributed by atoms with Crippen molar-refractivity contribution in [1.29, 1.82) is 0 Å². The highest BCUT2D eigenvalue weighted by Gasteiger charge is 2.11. The minimum Gasteiger partial charge on any atom is -0.386 e. The van der Waals surface area contributed by atoms with Gasteiger partial charge in [0.05, 0.1) is 18.4 Å². The van der Waals surface area contributed by atoms with Crippen molar-refractivity contribution in [3.8, 4) is 0 Å². The van der Waals surface area contributed by atoms with E-state index in [2.05, 4.69) is 15.6 Å². The zero-order valence-electron chi connectivity index (χ0n) is 14.9. The Hall–Kier alpha value is -1.60. The number of aliphatic hydroxyl groups is 1. The topological polar surface area (TPSA) is 90.8 Å². The van der Waals surface area contributed by atoms with Crippen molar-refractivity contribution >= 4 is 15.8 Å². The van der Waals surface area contributed by atoms with Gasteiger partial charge in [-0.25, -0.2) is 8.42 Å². The molecule has 2 unspecified atom stereocenters. The fourth-order valence-corrected chi connectivity index (χ4v) is 2.96. The fraction of sp³-hybridized carbons (Fsp3) is 0.588. The molecule has 6 nitrogen and oxygen atoms in total. The van der Waals surface area contributed by atoms with Gasteiger partial charge in [0.25, 0.3) is 0 Å². The maximum atomic E-state index is 11.2. The van der Waals surface area contributed by atoms with Crippen LogP contribution in [0.2, 0.25) is 0 Å². The predicted octanol–water partition coefficient (Wildman–Crippen LogP) is 1.41. The molecule has 0 saturated heterocycles. The lowest BCUT2D eigenvalue weighted by molar-refractivity contribution is 0.187. The number of nitrogens with zero attached hydrogens (tertiary/aromatic N) is 1. The summed E-state index contributed by atoms with van der Waals surface area (Å²) in [6.45, 7) is 6.77. The van der Waals surface area contributed by atoms with Crippen LogP contribution < -0.4 is 10.6 Å². The number of nitrogens with one attached hydrogen (secondary N) is 2. The average Bonchev–Trinajstić information content (AvgIpc) is 2.50. The molecule has 1 rings (SSSR count). The van der Waals surface area contributed by atoms with E-state index in [0.29, 0.717) is 18.9 Å². The molecule has 0 aliphatic carbocycles. The summed E-state index contributed by atoms with van der Waals surface area (Å²) in [4.78, 5) is 4.40. The van der Waals surface area contributed by atoms with Crippen LogP contribution in [0.5, 0.6) is 0 Å². The predicted molar refractivity (Wildman–Crippen MR) is 99.0 cm³/mol. The van der Waals surface area contributed by atoms with E-state index in [1.807, 2.05) is 45.0 Å². The van der Waals surface area contributed by atoms with E-state index < -0.39 is 15.9 Å². The number of guanidine groups is 1. The Morgan fingerprint density at radius 3 is 2.67 bits per heavy atom. The zero-order chi connectivity index (χ0) is 18.2. The number of aryl methyl sites for hydroxylation is 1. The van der Waals surface area contributed by atoms with Gasteiger partial charge in [-0.1, -0.05) is 29.8 Å². The molecule has 0 aliphatic rings. The van der Waals surface area contributed by atoms with Gasteiger partial charge in [-0.3, -0.25) is 4.99 Å². The van der Waals surface area contributed by atoms with E-state index in [1.165, 1.54) is 6.26 Å². The maximum Gasteiger partial charge on any atom is 0.191 e. The first-order valence-corrected chi connectivity index (χ1v) is 10.2. The summed E-state index contributed by atoms with van der Waals surface area (Å²) in [5.74, 6) is 0.706. The summed E-state index contributed by atoms with van der Waals surface area (Å²) >= 11 is 0. The van der Waals surface area contributed by atoms with Crippen molar-refractivity contribution in [2.45, 2.75) is 39.3 Å². The van der Waals surface area contributed by atoms with E-state index in [9.17, 15) is 13.5 Å². The Morgan fingerprint density at radius 1 is 1.38 bits per heavy atom. The van der Waals surface area contributed by atoms with Crippen molar-refractivity contribution < 1.29 is 13.5 Å². The molecule has 0 saturated carbocycles. The Morgan fingerprint density at radius 2 is 2.08 bits per heavy atom. The summed E-state index contributed by atoms with van der Waals surface area (Å²) in [7, 11) is -2.97. The van der Waals surface area contributed by atoms with Gasteiger partial charge in [0, 0.05) is 18.8 Å². The number of benzene rings is 1. The quantitative estimate of drug-likeness (QED) is 0.484. The van der Waals surface area contributed by atoms with Crippen LogP contribution in [-0.4, -0.2) is 50.6 Å². The highest BCUT2D eigenvalue weighted by atomic mass is 32.2. The van der Waals surface area contributed by atoms with Crippen molar-refractivity contribution in [3.05, 3.63) is 35.4 Å². The van der Waals surface area contributed by atoms with E-state index in [4.69, 9.17) is 0 Å². The zero-order valence-corrected chi connectivity index (χ0v) is 15.7. The van der Waals surface area contributed by atoms with Crippen LogP contribution >= 0.6 is 0 Å². The molecule has 0 aliphatic heterocycles. The third-order valence-corrected chi connectivity index (χ3v) is 4.48. The van der Waals surface area contributed by atoms with Crippen LogP contribution in [0.25, 0.3) is 0 Å². The molecule has 0 spiro atoms. The van der Waals surface area contributed by atoms with Gasteiger partial charge in [-0.15, -0.1) is 0 Å². The van der Waals surface area contributed by atoms with Gasteiger partial charge in [0.15, 0.2) is 5.96 Å². The Balaban J connectivity index is 2.64. The largest absolute Gasteiger partial charge is 0.386 e. The second kappa shape index (κ2) is 9.64. The van der Waals surface area contributed by atoms with Crippen LogP contribution in [0, 0.1) is 6.92 Å². The molecule has 2 atom stereocenters. The van der Waals surface area contributed by atoms with Gasteiger partial charge in [-0.05, 0) is 32.8 Å². The molecule has 24 heavy (non-hydrogen) atoms. The minimum atomic E-state index is -2.97.